The van der Waals surface area contributed by atoms with Crippen LogP contribution in [0.15, 0.2) is 100 Å². The Morgan fingerprint density at radius 1 is 0.833 bits per heavy atom. The molecule has 0 aliphatic carbocycles. The zero-order valence-corrected chi connectivity index (χ0v) is 19.5. The number of nitrogens with one attached hydrogen (secondary N) is 1. The van der Waals surface area contributed by atoms with Crippen molar-refractivity contribution in [2.75, 3.05) is 18.5 Å². The summed E-state index contributed by atoms with van der Waals surface area (Å²) < 4.78 is 22.6. The lowest BCUT2D eigenvalue weighted by Crippen LogP contribution is -2.20. The number of carbonyl (C=O) groups excluding carboxylic acids is 1. The standard InChI is InChI=1S/C29H23NO6/c1-2-33-25-10-6-5-9-24(25)30-28(31)18-34-21-13-14-23-26(16-21)35-17-27(29(23)32)36-22-12-11-19-7-3-4-8-20(19)15-22/h3-17H,2,18H2,1H3,(H,30,31). The fourth-order valence-corrected chi connectivity index (χ4v) is 3.80. The van der Waals surface area contributed by atoms with Crippen molar-refractivity contribution in [1.29, 1.82) is 0 Å². The number of ether oxygens (including phenoxy) is 3. The minimum absolute atomic E-state index is 0.0822. The SMILES string of the molecule is CCOc1ccccc1NC(=O)COc1ccc2c(=O)c(Oc3ccc4ccccc4c3)coc2c1. The molecule has 0 aliphatic heterocycles. The molecule has 5 aromatic rings. The maximum absolute atomic E-state index is 13.0. The Morgan fingerprint density at radius 3 is 2.47 bits per heavy atom. The van der Waals surface area contributed by atoms with Gasteiger partial charge in [0.05, 0.1) is 17.7 Å². The van der Waals surface area contributed by atoms with Gasteiger partial charge in [0, 0.05) is 6.07 Å². The quantitative estimate of drug-likeness (QED) is 0.286. The molecule has 0 unspecified atom stereocenters. The van der Waals surface area contributed by atoms with Crippen LogP contribution < -0.4 is 25.0 Å². The van der Waals surface area contributed by atoms with E-state index < -0.39 is 0 Å². The molecule has 5 rings (SSSR count). The summed E-state index contributed by atoms with van der Waals surface area (Å²) in [5, 5.41) is 5.20. The molecule has 1 heterocycles. The summed E-state index contributed by atoms with van der Waals surface area (Å²) in [6.45, 7) is 2.14. The van der Waals surface area contributed by atoms with Crippen molar-refractivity contribution in [3.63, 3.8) is 0 Å². The van der Waals surface area contributed by atoms with E-state index in [9.17, 15) is 9.59 Å². The van der Waals surface area contributed by atoms with Crippen LogP contribution in [-0.4, -0.2) is 19.1 Å². The molecule has 1 aromatic heterocycles. The van der Waals surface area contributed by atoms with Gasteiger partial charge < -0.3 is 23.9 Å². The maximum Gasteiger partial charge on any atom is 0.262 e. The van der Waals surface area contributed by atoms with E-state index in [0.29, 0.717) is 40.5 Å². The fourth-order valence-electron chi connectivity index (χ4n) is 3.80. The van der Waals surface area contributed by atoms with E-state index in [0.717, 1.165) is 10.8 Å². The van der Waals surface area contributed by atoms with Crippen LogP contribution in [-0.2, 0) is 4.79 Å². The number of para-hydroxylation sites is 2. The van der Waals surface area contributed by atoms with Crippen molar-refractivity contribution >= 4 is 33.3 Å². The Labute approximate surface area is 206 Å². The first-order valence-electron chi connectivity index (χ1n) is 11.5. The summed E-state index contributed by atoms with van der Waals surface area (Å²) in [5.74, 6) is 1.25. The third-order valence-corrected chi connectivity index (χ3v) is 5.49. The molecule has 0 radical (unpaired) electrons. The molecule has 0 atom stereocenters. The Morgan fingerprint density at radius 2 is 1.61 bits per heavy atom. The molecule has 0 saturated carbocycles. The first-order chi connectivity index (χ1) is 17.6. The van der Waals surface area contributed by atoms with Crippen molar-refractivity contribution in [2.45, 2.75) is 6.92 Å². The van der Waals surface area contributed by atoms with E-state index in [2.05, 4.69) is 5.32 Å². The van der Waals surface area contributed by atoms with E-state index in [1.165, 1.54) is 6.26 Å². The average molecular weight is 482 g/mol. The van der Waals surface area contributed by atoms with Gasteiger partial charge in [0.25, 0.3) is 5.91 Å². The van der Waals surface area contributed by atoms with Gasteiger partial charge in [0.1, 0.15) is 29.1 Å². The summed E-state index contributed by atoms with van der Waals surface area (Å²) in [7, 11) is 0. The summed E-state index contributed by atoms with van der Waals surface area (Å²) in [4.78, 5) is 25.3. The van der Waals surface area contributed by atoms with Crippen LogP contribution in [0, 0.1) is 0 Å². The lowest BCUT2D eigenvalue weighted by molar-refractivity contribution is -0.118. The number of amides is 1. The lowest BCUT2D eigenvalue weighted by atomic mass is 10.1. The summed E-state index contributed by atoms with van der Waals surface area (Å²) in [5.41, 5.74) is 0.586. The largest absolute Gasteiger partial charge is 0.492 e. The molecule has 4 aromatic carbocycles. The molecular weight excluding hydrogens is 458 g/mol. The first kappa shape index (κ1) is 23.0. The molecule has 0 bridgehead atoms. The topological polar surface area (TPSA) is 87.0 Å². The third-order valence-electron chi connectivity index (χ3n) is 5.49. The van der Waals surface area contributed by atoms with Gasteiger partial charge in [-0.2, -0.15) is 0 Å². The Balaban J connectivity index is 1.28. The molecular formula is C29H23NO6. The molecule has 0 saturated heterocycles. The predicted molar refractivity (Wildman–Crippen MR) is 138 cm³/mol. The highest BCUT2D eigenvalue weighted by molar-refractivity contribution is 5.93. The molecule has 0 fully saturated rings. The van der Waals surface area contributed by atoms with Crippen LogP contribution in [0.3, 0.4) is 0 Å². The summed E-state index contributed by atoms with van der Waals surface area (Å²) in [6.07, 6.45) is 1.28. The summed E-state index contributed by atoms with van der Waals surface area (Å²) >= 11 is 0. The van der Waals surface area contributed by atoms with E-state index in [-0.39, 0.29) is 23.7 Å². The van der Waals surface area contributed by atoms with E-state index in [1.54, 1.807) is 36.4 Å². The van der Waals surface area contributed by atoms with Gasteiger partial charge in [0.2, 0.25) is 11.2 Å². The number of benzene rings is 4. The van der Waals surface area contributed by atoms with Crippen molar-refractivity contribution in [2.24, 2.45) is 0 Å². The fraction of sp³-hybridized carbons (Fsp3) is 0.103. The van der Waals surface area contributed by atoms with Gasteiger partial charge in [-0.3, -0.25) is 9.59 Å². The van der Waals surface area contributed by atoms with Gasteiger partial charge in [-0.1, -0.05) is 42.5 Å². The Bertz CT molecular complexity index is 1610. The van der Waals surface area contributed by atoms with Gasteiger partial charge in [-0.15, -0.1) is 0 Å². The summed E-state index contributed by atoms with van der Waals surface area (Å²) in [6, 6.07) is 25.4. The van der Waals surface area contributed by atoms with Crippen molar-refractivity contribution < 1.29 is 23.4 Å². The van der Waals surface area contributed by atoms with E-state index in [4.69, 9.17) is 18.6 Å². The number of fused-ring (bicyclic) bond motifs is 2. The Hall–Kier alpha value is -4.78. The van der Waals surface area contributed by atoms with Gasteiger partial charge >= 0.3 is 0 Å². The van der Waals surface area contributed by atoms with Crippen LogP contribution >= 0.6 is 0 Å². The van der Waals surface area contributed by atoms with Crippen molar-refractivity contribution in [3.05, 3.63) is 101 Å². The number of hydrogen-bond acceptors (Lipinski definition) is 6. The number of rotatable bonds is 8. The molecule has 36 heavy (non-hydrogen) atoms. The lowest BCUT2D eigenvalue weighted by Gasteiger charge is -2.12. The number of carbonyl (C=O) groups is 1. The zero-order valence-electron chi connectivity index (χ0n) is 19.5. The van der Waals surface area contributed by atoms with Gasteiger partial charge in [-0.05, 0) is 54.1 Å². The molecule has 7 heteroatoms. The van der Waals surface area contributed by atoms with Gasteiger partial charge in [0.15, 0.2) is 6.61 Å². The normalized spacial score (nSPS) is 10.8. The Kier molecular flexibility index (Phi) is 6.53. The maximum atomic E-state index is 13.0. The molecule has 7 nitrogen and oxygen atoms in total. The highest BCUT2D eigenvalue weighted by Gasteiger charge is 2.12. The molecule has 0 spiro atoms. The van der Waals surface area contributed by atoms with Crippen molar-refractivity contribution in [3.8, 4) is 23.0 Å². The first-order valence-corrected chi connectivity index (χ1v) is 11.5. The second-order valence-electron chi connectivity index (χ2n) is 7.96. The second-order valence-corrected chi connectivity index (χ2v) is 7.96. The molecule has 1 amide bonds. The minimum Gasteiger partial charge on any atom is -0.492 e. The van der Waals surface area contributed by atoms with Crippen LogP contribution in [0.2, 0.25) is 0 Å². The van der Waals surface area contributed by atoms with Crippen LogP contribution in [0.25, 0.3) is 21.7 Å². The second kappa shape index (κ2) is 10.2. The average Bonchev–Trinajstić information content (AvgIpc) is 2.90. The van der Waals surface area contributed by atoms with Gasteiger partial charge in [-0.25, -0.2) is 0 Å². The molecule has 1 N–H and O–H groups in total. The third kappa shape index (κ3) is 5.00. The number of anilines is 1. The molecule has 0 aliphatic rings. The van der Waals surface area contributed by atoms with Crippen LogP contribution in [0.1, 0.15) is 6.92 Å². The zero-order chi connectivity index (χ0) is 24.9. The monoisotopic (exact) mass is 481 g/mol. The highest BCUT2D eigenvalue weighted by atomic mass is 16.5. The van der Waals surface area contributed by atoms with Crippen molar-refractivity contribution in [1.82, 2.24) is 0 Å². The van der Waals surface area contributed by atoms with E-state index >= 15 is 0 Å². The predicted octanol–water partition coefficient (Wildman–Crippen LogP) is 6.15. The van der Waals surface area contributed by atoms with Crippen LogP contribution in [0.4, 0.5) is 5.69 Å². The smallest absolute Gasteiger partial charge is 0.262 e. The minimum atomic E-state index is -0.345. The number of hydrogen-bond donors (Lipinski definition) is 1. The molecule has 180 valence electrons. The van der Waals surface area contributed by atoms with E-state index in [1.807, 2.05) is 55.5 Å². The highest BCUT2D eigenvalue weighted by Crippen LogP contribution is 2.27. The van der Waals surface area contributed by atoms with Crippen LogP contribution in [0.5, 0.6) is 23.0 Å².